The van der Waals surface area contributed by atoms with E-state index in [9.17, 15) is 5.11 Å². The summed E-state index contributed by atoms with van der Waals surface area (Å²) < 4.78 is 0. The van der Waals surface area contributed by atoms with Crippen molar-refractivity contribution in [1.29, 1.82) is 0 Å². The quantitative estimate of drug-likeness (QED) is 0.660. The van der Waals surface area contributed by atoms with E-state index >= 15 is 0 Å². The Kier molecular flexibility index (Phi) is 3.26. The molecule has 0 aromatic carbocycles. The molecule has 2 aliphatic carbocycles. The molecule has 1 heteroatoms. The summed E-state index contributed by atoms with van der Waals surface area (Å²) in [5.74, 6) is 1.53. The summed E-state index contributed by atoms with van der Waals surface area (Å²) in [7, 11) is 0. The van der Waals surface area contributed by atoms with Gasteiger partial charge in [0, 0.05) is 0 Å². The molecular formula is C12H22O. The molecule has 2 aliphatic rings. The standard InChI is InChI=1S/C12H22O/c13-12-9-5-4-8-11(12)10-6-2-1-3-7-10/h10-13H,1-9H2/t11-,12+/m1/s1. The molecule has 13 heavy (non-hydrogen) atoms. The predicted octanol–water partition coefficient (Wildman–Crippen LogP) is 3.12. The minimum absolute atomic E-state index is 0.0387. The van der Waals surface area contributed by atoms with Crippen molar-refractivity contribution < 1.29 is 5.11 Å². The zero-order chi connectivity index (χ0) is 9.10. The average Bonchev–Trinajstić information content (AvgIpc) is 2.20. The maximum Gasteiger partial charge on any atom is 0.0571 e. The van der Waals surface area contributed by atoms with E-state index < -0.39 is 0 Å². The molecule has 0 amide bonds. The molecule has 0 unspecified atom stereocenters. The fraction of sp³-hybridized carbons (Fsp3) is 1.00. The molecule has 2 saturated carbocycles. The summed E-state index contributed by atoms with van der Waals surface area (Å²) in [6.07, 6.45) is 12.1. The Hall–Kier alpha value is -0.0400. The highest BCUT2D eigenvalue weighted by Gasteiger charge is 2.30. The summed E-state index contributed by atoms with van der Waals surface area (Å²) in [5.41, 5.74) is 0. The highest BCUT2D eigenvalue weighted by atomic mass is 16.3. The van der Waals surface area contributed by atoms with E-state index in [4.69, 9.17) is 0 Å². The molecule has 0 bridgehead atoms. The van der Waals surface area contributed by atoms with Crippen molar-refractivity contribution in [3.63, 3.8) is 0 Å². The van der Waals surface area contributed by atoms with Crippen molar-refractivity contribution in [2.45, 2.75) is 63.9 Å². The number of rotatable bonds is 1. The first kappa shape index (κ1) is 9.51. The van der Waals surface area contributed by atoms with Gasteiger partial charge in [0.05, 0.1) is 6.10 Å². The van der Waals surface area contributed by atoms with Crippen molar-refractivity contribution in [3.8, 4) is 0 Å². The average molecular weight is 182 g/mol. The number of hydrogen-bond donors (Lipinski definition) is 1. The first-order valence-corrected chi connectivity index (χ1v) is 6.06. The molecule has 0 aliphatic heterocycles. The molecule has 0 spiro atoms. The van der Waals surface area contributed by atoms with E-state index in [1.165, 1.54) is 51.4 Å². The number of aliphatic hydroxyl groups is 1. The van der Waals surface area contributed by atoms with Crippen LogP contribution in [0.5, 0.6) is 0 Å². The maximum absolute atomic E-state index is 9.92. The number of hydrogen-bond acceptors (Lipinski definition) is 1. The van der Waals surface area contributed by atoms with E-state index in [2.05, 4.69) is 0 Å². The van der Waals surface area contributed by atoms with E-state index in [0.717, 1.165) is 12.3 Å². The van der Waals surface area contributed by atoms with Crippen LogP contribution in [0.15, 0.2) is 0 Å². The first-order chi connectivity index (χ1) is 6.38. The van der Waals surface area contributed by atoms with Crippen molar-refractivity contribution in [2.75, 3.05) is 0 Å². The second kappa shape index (κ2) is 4.45. The molecule has 0 aromatic rings. The predicted molar refractivity (Wildman–Crippen MR) is 54.5 cm³/mol. The highest BCUT2D eigenvalue weighted by molar-refractivity contribution is 4.82. The fourth-order valence-corrected chi connectivity index (χ4v) is 3.25. The SMILES string of the molecule is O[C@H]1CCCC[C@@H]1C1CCCCC1. The van der Waals surface area contributed by atoms with E-state index in [-0.39, 0.29) is 6.10 Å². The third-order valence-electron chi connectivity index (χ3n) is 4.04. The highest BCUT2D eigenvalue weighted by Crippen LogP contribution is 2.38. The third kappa shape index (κ3) is 2.25. The lowest BCUT2D eigenvalue weighted by atomic mass is 9.72. The van der Waals surface area contributed by atoms with Gasteiger partial charge in [-0.25, -0.2) is 0 Å². The Balaban J connectivity index is 1.88. The van der Waals surface area contributed by atoms with Gasteiger partial charge in [0.15, 0.2) is 0 Å². The topological polar surface area (TPSA) is 20.2 Å². The van der Waals surface area contributed by atoms with E-state index in [1.807, 2.05) is 0 Å². The Morgan fingerprint density at radius 2 is 1.31 bits per heavy atom. The van der Waals surface area contributed by atoms with Crippen LogP contribution >= 0.6 is 0 Å². The fourth-order valence-electron chi connectivity index (χ4n) is 3.25. The molecule has 2 fully saturated rings. The Labute approximate surface area is 81.5 Å². The van der Waals surface area contributed by atoms with Crippen LogP contribution in [0.25, 0.3) is 0 Å². The molecule has 0 aromatic heterocycles. The second-order valence-corrected chi connectivity index (χ2v) is 4.91. The Bertz CT molecular complexity index is 149. The van der Waals surface area contributed by atoms with Gasteiger partial charge in [0.2, 0.25) is 0 Å². The Morgan fingerprint density at radius 1 is 0.692 bits per heavy atom. The van der Waals surface area contributed by atoms with E-state index in [1.54, 1.807) is 0 Å². The third-order valence-corrected chi connectivity index (χ3v) is 4.04. The minimum atomic E-state index is 0.0387. The molecular weight excluding hydrogens is 160 g/mol. The molecule has 2 rings (SSSR count). The minimum Gasteiger partial charge on any atom is -0.393 e. The first-order valence-electron chi connectivity index (χ1n) is 6.06. The van der Waals surface area contributed by atoms with Crippen LogP contribution in [0, 0.1) is 11.8 Å². The maximum atomic E-state index is 9.92. The largest absolute Gasteiger partial charge is 0.393 e. The smallest absolute Gasteiger partial charge is 0.0571 e. The van der Waals surface area contributed by atoms with Gasteiger partial charge in [-0.15, -0.1) is 0 Å². The molecule has 76 valence electrons. The lowest BCUT2D eigenvalue weighted by Crippen LogP contribution is -2.32. The molecule has 1 N–H and O–H groups in total. The lowest BCUT2D eigenvalue weighted by molar-refractivity contribution is 0.0257. The van der Waals surface area contributed by atoms with Crippen molar-refractivity contribution in [2.24, 2.45) is 11.8 Å². The van der Waals surface area contributed by atoms with Gasteiger partial charge in [0.1, 0.15) is 0 Å². The molecule has 0 heterocycles. The summed E-state index contributed by atoms with van der Waals surface area (Å²) in [6, 6.07) is 0. The van der Waals surface area contributed by atoms with Crippen LogP contribution < -0.4 is 0 Å². The van der Waals surface area contributed by atoms with Crippen LogP contribution in [-0.2, 0) is 0 Å². The summed E-state index contributed by atoms with van der Waals surface area (Å²) in [6.45, 7) is 0. The molecule has 0 radical (unpaired) electrons. The lowest BCUT2D eigenvalue weighted by Gasteiger charge is -2.36. The van der Waals surface area contributed by atoms with Crippen molar-refractivity contribution in [3.05, 3.63) is 0 Å². The Morgan fingerprint density at radius 3 is 2.00 bits per heavy atom. The zero-order valence-corrected chi connectivity index (χ0v) is 8.54. The summed E-state index contributed by atoms with van der Waals surface area (Å²) in [5, 5.41) is 9.92. The molecule has 1 nitrogen and oxygen atoms in total. The second-order valence-electron chi connectivity index (χ2n) is 4.91. The molecule has 2 atom stereocenters. The summed E-state index contributed by atoms with van der Waals surface area (Å²) >= 11 is 0. The van der Waals surface area contributed by atoms with Gasteiger partial charge < -0.3 is 5.11 Å². The number of aliphatic hydroxyl groups excluding tert-OH is 1. The van der Waals surface area contributed by atoms with Gasteiger partial charge in [-0.3, -0.25) is 0 Å². The van der Waals surface area contributed by atoms with E-state index in [0.29, 0.717) is 5.92 Å². The van der Waals surface area contributed by atoms with Crippen LogP contribution in [0.1, 0.15) is 57.8 Å². The van der Waals surface area contributed by atoms with Crippen LogP contribution in [-0.4, -0.2) is 11.2 Å². The van der Waals surface area contributed by atoms with Gasteiger partial charge in [0.25, 0.3) is 0 Å². The monoisotopic (exact) mass is 182 g/mol. The summed E-state index contributed by atoms with van der Waals surface area (Å²) in [4.78, 5) is 0. The van der Waals surface area contributed by atoms with Gasteiger partial charge in [-0.1, -0.05) is 44.9 Å². The normalized spacial score (nSPS) is 37.6. The molecule has 0 saturated heterocycles. The van der Waals surface area contributed by atoms with Crippen LogP contribution in [0.4, 0.5) is 0 Å². The van der Waals surface area contributed by atoms with Gasteiger partial charge in [-0.2, -0.15) is 0 Å². The zero-order valence-electron chi connectivity index (χ0n) is 8.54. The van der Waals surface area contributed by atoms with Gasteiger partial charge in [-0.05, 0) is 24.7 Å². The van der Waals surface area contributed by atoms with Crippen molar-refractivity contribution >= 4 is 0 Å². The van der Waals surface area contributed by atoms with Crippen LogP contribution in [0.2, 0.25) is 0 Å². The van der Waals surface area contributed by atoms with Crippen molar-refractivity contribution in [1.82, 2.24) is 0 Å². The van der Waals surface area contributed by atoms with Crippen LogP contribution in [0.3, 0.4) is 0 Å². The van der Waals surface area contributed by atoms with Gasteiger partial charge >= 0.3 is 0 Å².